The van der Waals surface area contributed by atoms with Crippen LogP contribution in [-0.2, 0) is 4.79 Å². The van der Waals surface area contributed by atoms with E-state index in [1.807, 2.05) is 6.07 Å². The zero-order valence-corrected chi connectivity index (χ0v) is 13.5. The molecule has 0 fully saturated rings. The lowest BCUT2D eigenvalue weighted by atomic mass is 9.84. The largest absolute Gasteiger partial charge is 0.421 e. The number of halogens is 2. The zero-order valence-electron chi connectivity index (χ0n) is 12.0. The van der Waals surface area contributed by atoms with E-state index < -0.39 is 11.9 Å². The summed E-state index contributed by atoms with van der Waals surface area (Å²) >= 11 is 12.1. The number of rotatable bonds is 3. The summed E-state index contributed by atoms with van der Waals surface area (Å²) in [5, 5.41) is 0.655. The number of carbonyl (C=O) groups is 2. The van der Waals surface area contributed by atoms with Gasteiger partial charge in [-0.3, -0.25) is 4.79 Å². The highest BCUT2D eigenvalue weighted by molar-refractivity contribution is 6.36. The molecule has 3 nitrogen and oxygen atoms in total. The first-order chi connectivity index (χ1) is 11.0. The van der Waals surface area contributed by atoms with Gasteiger partial charge >= 0.3 is 5.97 Å². The second kappa shape index (κ2) is 6.19. The molecular weight excluding hydrogens is 335 g/mol. The fourth-order valence-corrected chi connectivity index (χ4v) is 3.14. The zero-order chi connectivity index (χ0) is 16.6. The lowest BCUT2D eigenvalue weighted by Gasteiger charge is -2.26. The molecular formula is C18H12Cl2O3. The van der Waals surface area contributed by atoms with Gasteiger partial charge in [0.1, 0.15) is 0 Å². The van der Waals surface area contributed by atoms with E-state index in [0.29, 0.717) is 16.1 Å². The van der Waals surface area contributed by atoms with Crippen molar-refractivity contribution < 1.29 is 14.3 Å². The highest BCUT2D eigenvalue weighted by Crippen LogP contribution is 2.44. The summed E-state index contributed by atoms with van der Waals surface area (Å²) in [7, 11) is 0. The molecule has 0 spiro atoms. The number of fused-ring (bicyclic) bond motifs is 1. The van der Waals surface area contributed by atoms with Crippen LogP contribution in [0.4, 0.5) is 0 Å². The molecule has 2 aromatic carbocycles. The summed E-state index contributed by atoms with van der Waals surface area (Å²) in [6, 6.07) is 12.0. The number of benzene rings is 2. The van der Waals surface area contributed by atoms with Gasteiger partial charge in [-0.05, 0) is 12.1 Å². The van der Waals surface area contributed by atoms with Crippen LogP contribution in [0.25, 0.3) is 0 Å². The van der Waals surface area contributed by atoms with Gasteiger partial charge in [-0.1, -0.05) is 60.1 Å². The SMILES string of the molecule is C=C1C(=O)Oc2c(Cl)cc(Cl)cc2[C@@H]1CC(=O)c1ccccc1. The fraction of sp³-hybridized carbons (Fsp3) is 0.111. The Morgan fingerprint density at radius 3 is 2.57 bits per heavy atom. The van der Waals surface area contributed by atoms with Crippen molar-refractivity contribution in [1.29, 1.82) is 0 Å². The van der Waals surface area contributed by atoms with E-state index in [4.69, 9.17) is 27.9 Å². The van der Waals surface area contributed by atoms with Gasteiger partial charge in [0.2, 0.25) is 0 Å². The fourth-order valence-electron chi connectivity index (χ4n) is 2.60. The molecule has 0 aliphatic carbocycles. The number of ketones is 1. The van der Waals surface area contributed by atoms with Crippen LogP contribution in [0.2, 0.25) is 10.0 Å². The molecule has 0 unspecified atom stereocenters. The first-order valence-electron chi connectivity index (χ1n) is 6.95. The Morgan fingerprint density at radius 2 is 1.87 bits per heavy atom. The summed E-state index contributed by atoms with van der Waals surface area (Å²) in [5.74, 6) is -0.921. The summed E-state index contributed by atoms with van der Waals surface area (Å²) in [4.78, 5) is 24.5. The topological polar surface area (TPSA) is 43.4 Å². The summed E-state index contributed by atoms with van der Waals surface area (Å²) < 4.78 is 5.21. The van der Waals surface area contributed by atoms with Gasteiger partial charge in [0.15, 0.2) is 11.5 Å². The molecule has 5 heteroatoms. The highest BCUT2D eigenvalue weighted by atomic mass is 35.5. The van der Waals surface area contributed by atoms with E-state index >= 15 is 0 Å². The molecule has 0 saturated heterocycles. The third kappa shape index (κ3) is 3.03. The van der Waals surface area contributed by atoms with E-state index in [1.165, 1.54) is 6.07 Å². The van der Waals surface area contributed by atoms with Gasteiger partial charge < -0.3 is 4.74 Å². The highest BCUT2D eigenvalue weighted by Gasteiger charge is 2.34. The predicted molar refractivity (Wildman–Crippen MR) is 89.4 cm³/mol. The Hall–Kier alpha value is -2.10. The molecule has 0 saturated carbocycles. The predicted octanol–water partition coefficient (Wildman–Crippen LogP) is 4.83. The second-order valence-corrected chi connectivity index (χ2v) is 6.11. The molecule has 0 aromatic heterocycles. The van der Waals surface area contributed by atoms with Crippen LogP contribution in [0.15, 0.2) is 54.6 Å². The van der Waals surface area contributed by atoms with Crippen LogP contribution < -0.4 is 4.74 Å². The molecule has 1 aliphatic heterocycles. The van der Waals surface area contributed by atoms with Gasteiger partial charge in [0.05, 0.1) is 5.02 Å². The van der Waals surface area contributed by atoms with Crippen molar-refractivity contribution in [2.75, 3.05) is 0 Å². The minimum absolute atomic E-state index is 0.0894. The first kappa shape index (κ1) is 15.8. The number of Topliss-reactive ketones (excluding diaryl/α,β-unsaturated/α-hetero) is 1. The van der Waals surface area contributed by atoms with Crippen LogP contribution in [0.1, 0.15) is 28.3 Å². The quantitative estimate of drug-likeness (QED) is 0.346. The average Bonchev–Trinajstić information content (AvgIpc) is 2.53. The molecule has 1 atom stereocenters. The number of carbonyl (C=O) groups excluding carboxylic acids is 2. The third-order valence-corrected chi connectivity index (χ3v) is 4.27. The van der Waals surface area contributed by atoms with E-state index in [-0.39, 0.29) is 28.5 Å². The maximum atomic E-state index is 12.5. The number of ether oxygens (including phenoxy) is 1. The van der Waals surface area contributed by atoms with Crippen molar-refractivity contribution in [1.82, 2.24) is 0 Å². The maximum absolute atomic E-state index is 12.5. The van der Waals surface area contributed by atoms with Gasteiger partial charge in [-0.2, -0.15) is 0 Å². The molecule has 3 rings (SSSR count). The molecule has 1 aliphatic rings. The van der Waals surface area contributed by atoms with Crippen LogP contribution >= 0.6 is 23.2 Å². The van der Waals surface area contributed by atoms with Gasteiger partial charge in [-0.25, -0.2) is 4.79 Å². The van der Waals surface area contributed by atoms with Crippen LogP contribution in [0.3, 0.4) is 0 Å². The minimum Gasteiger partial charge on any atom is -0.421 e. The molecule has 2 aromatic rings. The Labute approximate surface area is 143 Å². The number of hydrogen-bond acceptors (Lipinski definition) is 3. The number of esters is 1. The van der Waals surface area contributed by atoms with E-state index in [9.17, 15) is 9.59 Å². The number of hydrogen-bond donors (Lipinski definition) is 0. The van der Waals surface area contributed by atoms with Crippen molar-refractivity contribution in [3.05, 3.63) is 75.8 Å². The summed E-state index contributed by atoms with van der Waals surface area (Å²) in [6.45, 7) is 3.77. The van der Waals surface area contributed by atoms with E-state index in [2.05, 4.69) is 6.58 Å². The van der Waals surface area contributed by atoms with Crippen molar-refractivity contribution >= 4 is 35.0 Å². The Morgan fingerprint density at radius 1 is 1.17 bits per heavy atom. The van der Waals surface area contributed by atoms with Crippen LogP contribution in [0, 0.1) is 0 Å². The first-order valence-corrected chi connectivity index (χ1v) is 7.71. The molecule has 23 heavy (non-hydrogen) atoms. The molecule has 0 amide bonds. The normalized spacial score (nSPS) is 16.7. The standard InChI is InChI=1S/C18H12Cl2O3/c1-10-13(9-16(21)11-5-3-2-4-6-11)14-7-12(19)8-15(20)17(14)23-18(10)22/h2-8,13H,1,9H2/t13-/m1/s1. The van der Waals surface area contributed by atoms with Crippen LogP contribution in [-0.4, -0.2) is 11.8 Å². The van der Waals surface area contributed by atoms with Crippen molar-refractivity contribution in [3.63, 3.8) is 0 Å². The van der Waals surface area contributed by atoms with Gasteiger partial charge in [0, 0.05) is 34.1 Å². The molecule has 116 valence electrons. The van der Waals surface area contributed by atoms with Crippen molar-refractivity contribution in [2.24, 2.45) is 0 Å². The Bertz CT molecular complexity index is 813. The van der Waals surface area contributed by atoms with E-state index in [1.54, 1.807) is 30.3 Å². The van der Waals surface area contributed by atoms with Crippen molar-refractivity contribution in [2.45, 2.75) is 12.3 Å². The monoisotopic (exact) mass is 346 g/mol. The average molecular weight is 347 g/mol. The van der Waals surface area contributed by atoms with Crippen LogP contribution in [0.5, 0.6) is 5.75 Å². The van der Waals surface area contributed by atoms with Crippen molar-refractivity contribution in [3.8, 4) is 5.75 Å². The van der Waals surface area contributed by atoms with E-state index in [0.717, 1.165) is 0 Å². The molecule has 0 N–H and O–H groups in total. The van der Waals surface area contributed by atoms with Gasteiger partial charge in [0.25, 0.3) is 0 Å². The van der Waals surface area contributed by atoms with Gasteiger partial charge in [-0.15, -0.1) is 0 Å². The summed E-state index contributed by atoms with van der Waals surface area (Å²) in [5.41, 5.74) is 1.41. The second-order valence-electron chi connectivity index (χ2n) is 5.27. The molecule has 0 radical (unpaired) electrons. The maximum Gasteiger partial charge on any atom is 0.339 e. The smallest absolute Gasteiger partial charge is 0.339 e. The summed E-state index contributed by atoms with van der Waals surface area (Å²) in [6.07, 6.45) is 0.0988. The lowest BCUT2D eigenvalue weighted by molar-refractivity contribution is -0.131. The third-order valence-electron chi connectivity index (χ3n) is 3.78. The lowest BCUT2D eigenvalue weighted by Crippen LogP contribution is -2.25. The Kier molecular flexibility index (Phi) is 4.24. The molecule has 0 bridgehead atoms. The minimum atomic E-state index is -0.576. The Balaban J connectivity index is 2.00. The molecule has 1 heterocycles.